The Kier molecular flexibility index (Phi) is 8.88. The number of carbonyl (C=O) groups excluding carboxylic acids is 2. The van der Waals surface area contributed by atoms with E-state index in [2.05, 4.69) is 32.1 Å². The Balaban J connectivity index is 1.53. The van der Waals surface area contributed by atoms with Crippen molar-refractivity contribution in [2.45, 2.75) is 13.3 Å². The van der Waals surface area contributed by atoms with Crippen LogP contribution in [0.25, 0.3) is 0 Å². The molecule has 0 aliphatic carbocycles. The highest BCUT2D eigenvalue weighted by Gasteiger charge is 2.20. The van der Waals surface area contributed by atoms with Gasteiger partial charge in [-0.15, -0.1) is 0 Å². The van der Waals surface area contributed by atoms with Gasteiger partial charge in [0.05, 0.1) is 26.1 Å². The fourth-order valence-electron chi connectivity index (χ4n) is 4.25. The van der Waals surface area contributed by atoms with E-state index in [9.17, 15) is 9.59 Å². The molecule has 39 heavy (non-hydrogen) atoms. The molecule has 1 saturated heterocycles. The standard InChI is InChI=1S/C28H31ClN6O4/c1-5-21(37)14-19-15-22(38-3)7-9-24(19)31-27-23(29)17-30-28(33-27)32-25-8-6-20(16-26(25)39-4)35-12-10-34(11-13-35)18(2)36/h5-9,15-17H,1,10-14H2,2-4H3,(H2,30,31,32,33). The van der Waals surface area contributed by atoms with Crippen molar-refractivity contribution in [1.82, 2.24) is 14.9 Å². The fourth-order valence-corrected chi connectivity index (χ4v) is 4.39. The van der Waals surface area contributed by atoms with E-state index in [0.717, 1.165) is 18.8 Å². The van der Waals surface area contributed by atoms with Crippen molar-refractivity contribution >= 4 is 52.1 Å². The Bertz CT molecular complexity index is 1370. The molecule has 1 amide bonds. The van der Waals surface area contributed by atoms with Gasteiger partial charge in [0.2, 0.25) is 11.9 Å². The van der Waals surface area contributed by atoms with Gasteiger partial charge in [-0.1, -0.05) is 18.2 Å². The molecule has 0 atom stereocenters. The number of hydrogen-bond acceptors (Lipinski definition) is 9. The number of nitrogens with zero attached hydrogens (tertiary/aromatic N) is 4. The molecular formula is C28H31ClN6O4. The van der Waals surface area contributed by atoms with Crippen LogP contribution in [0.3, 0.4) is 0 Å². The van der Waals surface area contributed by atoms with Gasteiger partial charge in [-0.3, -0.25) is 9.59 Å². The zero-order valence-corrected chi connectivity index (χ0v) is 22.9. The molecule has 3 aromatic rings. The normalized spacial score (nSPS) is 13.0. The van der Waals surface area contributed by atoms with Crippen LogP contribution in [-0.4, -0.2) is 67.0 Å². The van der Waals surface area contributed by atoms with Gasteiger partial charge >= 0.3 is 0 Å². The summed E-state index contributed by atoms with van der Waals surface area (Å²) in [5.41, 5.74) is 3.05. The summed E-state index contributed by atoms with van der Waals surface area (Å²) in [4.78, 5) is 36.6. The highest BCUT2D eigenvalue weighted by molar-refractivity contribution is 6.33. The summed E-state index contributed by atoms with van der Waals surface area (Å²) in [6, 6.07) is 11.2. The van der Waals surface area contributed by atoms with Crippen LogP contribution in [0.4, 0.5) is 28.8 Å². The highest BCUT2D eigenvalue weighted by Crippen LogP contribution is 2.33. The second-order valence-corrected chi connectivity index (χ2v) is 9.30. The summed E-state index contributed by atoms with van der Waals surface area (Å²) in [7, 11) is 3.17. The Morgan fingerprint density at radius 3 is 2.46 bits per heavy atom. The van der Waals surface area contributed by atoms with Crippen molar-refractivity contribution in [1.29, 1.82) is 0 Å². The molecule has 1 aliphatic rings. The summed E-state index contributed by atoms with van der Waals surface area (Å²) < 4.78 is 11.0. The maximum Gasteiger partial charge on any atom is 0.229 e. The van der Waals surface area contributed by atoms with Crippen molar-refractivity contribution in [3.63, 3.8) is 0 Å². The summed E-state index contributed by atoms with van der Waals surface area (Å²) in [5, 5.41) is 6.72. The van der Waals surface area contributed by atoms with Crippen molar-refractivity contribution in [3.05, 3.63) is 65.8 Å². The van der Waals surface area contributed by atoms with E-state index in [4.69, 9.17) is 21.1 Å². The number of rotatable bonds is 10. The average molecular weight is 551 g/mol. The molecule has 0 bridgehead atoms. The highest BCUT2D eigenvalue weighted by atomic mass is 35.5. The Morgan fingerprint density at radius 1 is 1.05 bits per heavy atom. The lowest BCUT2D eigenvalue weighted by Crippen LogP contribution is -2.48. The Hall–Kier alpha value is -4.31. The first-order valence-corrected chi connectivity index (χ1v) is 12.8. The molecule has 0 unspecified atom stereocenters. The predicted molar refractivity (Wildman–Crippen MR) is 153 cm³/mol. The van der Waals surface area contributed by atoms with E-state index >= 15 is 0 Å². The maximum atomic E-state index is 12.1. The summed E-state index contributed by atoms with van der Waals surface area (Å²) in [5.74, 6) is 1.89. The first-order chi connectivity index (χ1) is 18.8. The van der Waals surface area contributed by atoms with Crippen LogP contribution in [-0.2, 0) is 16.0 Å². The second-order valence-electron chi connectivity index (χ2n) is 8.89. The van der Waals surface area contributed by atoms with Crippen LogP contribution >= 0.6 is 11.6 Å². The van der Waals surface area contributed by atoms with E-state index in [1.807, 2.05) is 23.1 Å². The fraction of sp³-hybridized carbons (Fsp3) is 0.286. The molecule has 1 fully saturated rings. The van der Waals surface area contributed by atoms with Crippen LogP contribution in [0.5, 0.6) is 11.5 Å². The Morgan fingerprint density at radius 2 is 1.79 bits per heavy atom. The van der Waals surface area contributed by atoms with E-state index in [0.29, 0.717) is 58.3 Å². The van der Waals surface area contributed by atoms with Crippen LogP contribution in [0, 0.1) is 0 Å². The van der Waals surface area contributed by atoms with Gasteiger partial charge in [-0.05, 0) is 42.0 Å². The molecule has 2 aromatic carbocycles. The van der Waals surface area contributed by atoms with E-state index in [1.54, 1.807) is 39.3 Å². The molecule has 2 heterocycles. The lowest BCUT2D eigenvalue weighted by Gasteiger charge is -2.35. The molecule has 0 spiro atoms. The number of carbonyl (C=O) groups is 2. The van der Waals surface area contributed by atoms with Gasteiger partial charge in [0.15, 0.2) is 11.6 Å². The van der Waals surface area contributed by atoms with Crippen molar-refractivity contribution < 1.29 is 19.1 Å². The number of nitrogens with one attached hydrogen (secondary N) is 2. The zero-order valence-electron chi connectivity index (χ0n) is 22.2. The molecule has 2 N–H and O–H groups in total. The van der Waals surface area contributed by atoms with Gasteiger partial charge in [-0.25, -0.2) is 4.98 Å². The zero-order chi connectivity index (χ0) is 27.9. The van der Waals surface area contributed by atoms with Gasteiger partial charge in [0.25, 0.3) is 0 Å². The number of hydrogen-bond donors (Lipinski definition) is 2. The second kappa shape index (κ2) is 12.5. The number of ketones is 1. The summed E-state index contributed by atoms with van der Waals surface area (Å²) >= 11 is 6.41. The molecule has 10 nitrogen and oxygen atoms in total. The van der Waals surface area contributed by atoms with Crippen LogP contribution in [0.2, 0.25) is 5.02 Å². The number of amides is 1. The largest absolute Gasteiger partial charge is 0.497 e. The minimum Gasteiger partial charge on any atom is -0.497 e. The van der Waals surface area contributed by atoms with E-state index in [-0.39, 0.29) is 18.1 Å². The van der Waals surface area contributed by atoms with Crippen LogP contribution in [0.15, 0.2) is 55.3 Å². The van der Waals surface area contributed by atoms with Crippen molar-refractivity contribution in [2.24, 2.45) is 0 Å². The lowest BCUT2D eigenvalue weighted by molar-refractivity contribution is -0.129. The summed E-state index contributed by atoms with van der Waals surface area (Å²) in [6.07, 6.45) is 2.92. The van der Waals surface area contributed by atoms with Gasteiger partial charge in [0.1, 0.15) is 16.5 Å². The number of benzene rings is 2. The number of halogens is 1. The third-order valence-corrected chi connectivity index (χ3v) is 6.70. The number of allylic oxidation sites excluding steroid dienone is 1. The first-order valence-electron chi connectivity index (χ1n) is 12.4. The monoisotopic (exact) mass is 550 g/mol. The van der Waals surface area contributed by atoms with E-state index < -0.39 is 0 Å². The van der Waals surface area contributed by atoms with Crippen molar-refractivity contribution in [2.75, 3.05) is 55.9 Å². The van der Waals surface area contributed by atoms with Gasteiger partial charge in [0, 0.05) is 57.0 Å². The molecule has 4 rings (SSSR count). The molecular weight excluding hydrogens is 520 g/mol. The molecule has 1 aromatic heterocycles. The molecule has 1 aliphatic heterocycles. The molecule has 0 saturated carbocycles. The third kappa shape index (κ3) is 6.77. The quantitative estimate of drug-likeness (QED) is 0.350. The van der Waals surface area contributed by atoms with E-state index in [1.165, 1.54) is 12.3 Å². The number of piperazine rings is 1. The SMILES string of the molecule is C=CC(=O)Cc1cc(OC)ccc1Nc1nc(Nc2ccc(N3CCN(C(C)=O)CC3)cc2OC)ncc1Cl. The number of ether oxygens (including phenoxy) is 2. The third-order valence-electron chi connectivity index (χ3n) is 6.42. The topological polar surface area (TPSA) is 109 Å². The molecule has 11 heteroatoms. The Labute approximate surface area is 232 Å². The smallest absolute Gasteiger partial charge is 0.229 e. The molecule has 204 valence electrons. The lowest BCUT2D eigenvalue weighted by atomic mass is 10.1. The number of methoxy groups -OCH3 is 2. The van der Waals surface area contributed by atoms with Crippen molar-refractivity contribution in [3.8, 4) is 11.5 Å². The van der Waals surface area contributed by atoms with Gasteiger partial charge < -0.3 is 29.9 Å². The number of aromatic nitrogens is 2. The minimum absolute atomic E-state index is 0.0945. The average Bonchev–Trinajstić information content (AvgIpc) is 2.95. The number of anilines is 5. The van der Waals surface area contributed by atoms with Crippen LogP contribution < -0.4 is 25.0 Å². The minimum atomic E-state index is -0.126. The van der Waals surface area contributed by atoms with Crippen LogP contribution in [0.1, 0.15) is 12.5 Å². The first kappa shape index (κ1) is 27.7. The van der Waals surface area contributed by atoms with Gasteiger partial charge in [-0.2, -0.15) is 4.98 Å². The molecule has 0 radical (unpaired) electrons. The maximum absolute atomic E-state index is 12.1. The predicted octanol–water partition coefficient (Wildman–Crippen LogP) is 4.60. The summed E-state index contributed by atoms with van der Waals surface area (Å²) in [6.45, 7) is 8.01.